The third-order valence-corrected chi connectivity index (χ3v) is 6.69. The number of imide groups is 1. The van der Waals surface area contributed by atoms with Crippen LogP contribution < -0.4 is 10.1 Å². The van der Waals surface area contributed by atoms with Gasteiger partial charge in [-0.25, -0.2) is 4.79 Å². The van der Waals surface area contributed by atoms with E-state index in [0.29, 0.717) is 17.9 Å². The van der Waals surface area contributed by atoms with Gasteiger partial charge in [0.1, 0.15) is 23.6 Å². The molecule has 1 aliphatic heterocycles. The SMILES string of the molecule is COc1ccc2cc([C@]3(C)NC(=O)N(CC(=O)N(Cc4ccccc4)Cc4ccco4)C3=O)ccc2c1. The molecule has 1 fully saturated rings. The Hall–Kier alpha value is -4.59. The molecule has 8 heteroatoms. The van der Waals surface area contributed by atoms with Crippen LogP contribution in [0.3, 0.4) is 0 Å². The van der Waals surface area contributed by atoms with Gasteiger partial charge in [-0.05, 0) is 59.2 Å². The van der Waals surface area contributed by atoms with Crippen molar-refractivity contribution in [3.05, 3.63) is 102 Å². The summed E-state index contributed by atoms with van der Waals surface area (Å²) < 4.78 is 10.7. The van der Waals surface area contributed by atoms with Crippen LogP contribution in [0.25, 0.3) is 10.8 Å². The van der Waals surface area contributed by atoms with Crippen LogP contribution in [-0.4, -0.2) is 41.3 Å². The number of hydrogen-bond donors (Lipinski definition) is 1. The molecular formula is C29H27N3O5. The van der Waals surface area contributed by atoms with E-state index in [2.05, 4.69) is 5.32 Å². The van der Waals surface area contributed by atoms with E-state index in [9.17, 15) is 14.4 Å². The first-order chi connectivity index (χ1) is 17.9. The van der Waals surface area contributed by atoms with Crippen LogP contribution in [0.15, 0.2) is 89.5 Å². The van der Waals surface area contributed by atoms with Crippen molar-refractivity contribution in [2.24, 2.45) is 0 Å². The van der Waals surface area contributed by atoms with Crippen molar-refractivity contribution in [1.29, 1.82) is 0 Å². The van der Waals surface area contributed by atoms with E-state index in [1.165, 1.54) is 0 Å². The predicted molar refractivity (Wildman–Crippen MR) is 138 cm³/mol. The molecule has 0 aliphatic carbocycles. The molecule has 37 heavy (non-hydrogen) atoms. The summed E-state index contributed by atoms with van der Waals surface area (Å²) in [4.78, 5) is 42.4. The zero-order valence-electron chi connectivity index (χ0n) is 20.6. The van der Waals surface area contributed by atoms with Gasteiger partial charge in [0, 0.05) is 6.54 Å². The van der Waals surface area contributed by atoms with E-state index in [1.54, 1.807) is 37.3 Å². The number of hydrogen-bond acceptors (Lipinski definition) is 5. The first kappa shape index (κ1) is 24.1. The molecule has 1 aliphatic rings. The van der Waals surface area contributed by atoms with Gasteiger partial charge in [-0.1, -0.05) is 48.5 Å². The first-order valence-corrected chi connectivity index (χ1v) is 11.9. The highest BCUT2D eigenvalue weighted by atomic mass is 16.5. The van der Waals surface area contributed by atoms with Crippen molar-refractivity contribution in [1.82, 2.24) is 15.1 Å². The highest BCUT2D eigenvalue weighted by molar-refractivity contribution is 6.09. The van der Waals surface area contributed by atoms with Gasteiger partial charge in [0.15, 0.2) is 0 Å². The molecule has 1 aromatic heterocycles. The number of nitrogens with one attached hydrogen (secondary N) is 1. The Kier molecular flexibility index (Phi) is 6.40. The first-order valence-electron chi connectivity index (χ1n) is 11.9. The Balaban J connectivity index is 1.37. The van der Waals surface area contributed by atoms with E-state index in [0.717, 1.165) is 27.0 Å². The second-order valence-electron chi connectivity index (χ2n) is 9.19. The number of methoxy groups -OCH3 is 1. The number of furan rings is 1. The van der Waals surface area contributed by atoms with E-state index in [4.69, 9.17) is 9.15 Å². The van der Waals surface area contributed by atoms with Gasteiger partial charge < -0.3 is 19.4 Å². The molecule has 4 aromatic rings. The van der Waals surface area contributed by atoms with Crippen LogP contribution >= 0.6 is 0 Å². The molecule has 188 valence electrons. The van der Waals surface area contributed by atoms with E-state index >= 15 is 0 Å². The van der Waals surface area contributed by atoms with Crippen molar-refractivity contribution in [3.8, 4) is 5.75 Å². The summed E-state index contributed by atoms with van der Waals surface area (Å²) in [6.45, 7) is 1.82. The summed E-state index contributed by atoms with van der Waals surface area (Å²) >= 11 is 0. The van der Waals surface area contributed by atoms with Crippen LogP contribution in [0.2, 0.25) is 0 Å². The van der Waals surface area contributed by atoms with Gasteiger partial charge in [0.2, 0.25) is 5.91 Å². The minimum atomic E-state index is -1.29. The fraction of sp³-hybridized carbons (Fsp3) is 0.207. The summed E-state index contributed by atoms with van der Waals surface area (Å²) in [5.74, 6) is 0.505. The molecule has 3 aromatic carbocycles. The number of urea groups is 1. The van der Waals surface area contributed by atoms with Gasteiger partial charge in [0.25, 0.3) is 5.91 Å². The fourth-order valence-corrected chi connectivity index (χ4v) is 4.56. The lowest BCUT2D eigenvalue weighted by atomic mass is 9.90. The topological polar surface area (TPSA) is 92.1 Å². The lowest BCUT2D eigenvalue weighted by molar-refractivity contribution is -0.139. The third-order valence-electron chi connectivity index (χ3n) is 6.69. The van der Waals surface area contributed by atoms with Gasteiger partial charge in [-0.2, -0.15) is 0 Å². The molecule has 0 spiro atoms. The molecule has 1 saturated heterocycles. The minimum absolute atomic E-state index is 0.218. The summed E-state index contributed by atoms with van der Waals surface area (Å²) in [7, 11) is 1.61. The molecule has 0 saturated carbocycles. The summed E-state index contributed by atoms with van der Waals surface area (Å²) in [5.41, 5.74) is 0.268. The number of ether oxygens (including phenoxy) is 1. The van der Waals surface area contributed by atoms with Gasteiger partial charge in [0.05, 0.1) is 19.9 Å². The number of rotatable bonds is 8. The average molecular weight is 498 g/mol. The molecule has 0 bridgehead atoms. The number of amides is 4. The summed E-state index contributed by atoms with van der Waals surface area (Å²) in [5, 5.41) is 4.65. The number of nitrogens with zero attached hydrogens (tertiary/aromatic N) is 2. The number of benzene rings is 3. The van der Waals surface area contributed by atoms with Crippen LogP contribution in [-0.2, 0) is 28.2 Å². The molecule has 5 rings (SSSR count). The fourth-order valence-electron chi connectivity index (χ4n) is 4.56. The molecule has 2 heterocycles. The summed E-state index contributed by atoms with van der Waals surface area (Å²) in [6.07, 6.45) is 1.54. The summed E-state index contributed by atoms with van der Waals surface area (Å²) in [6, 6.07) is 23.7. The second kappa shape index (κ2) is 9.81. The molecule has 4 amide bonds. The van der Waals surface area contributed by atoms with Crippen molar-refractivity contribution in [2.75, 3.05) is 13.7 Å². The highest BCUT2D eigenvalue weighted by Crippen LogP contribution is 2.32. The van der Waals surface area contributed by atoms with Crippen molar-refractivity contribution >= 4 is 28.6 Å². The Bertz CT molecular complexity index is 1450. The standard InChI is InChI=1S/C29H27N3O5/c1-29(23-12-10-22-16-24(36-2)13-11-21(22)15-23)27(34)32(28(35)30-29)19-26(33)31(18-25-9-6-14-37-25)17-20-7-4-3-5-8-20/h3-16H,17-19H2,1-2H3,(H,30,35)/t29-/m0/s1. The maximum atomic E-state index is 13.5. The average Bonchev–Trinajstić information content (AvgIpc) is 3.50. The zero-order chi connectivity index (χ0) is 26.0. The Morgan fingerprint density at radius 1 is 0.973 bits per heavy atom. The normalized spacial score (nSPS) is 17.2. The van der Waals surface area contributed by atoms with Crippen molar-refractivity contribution in [2.45, 2.75) is 25.6 Å². The smallest absolute Gasteiger partial charge is 0.325 e. The second-order valence-corrected chi connectivity index (χ2v) is 9.19. The van der Waals surface area contributed by atoms with E-state index in [-0.39, 0.29) is 19.0 Å². The lowest BCUT2D eigenvalue weighted by Gasteiger charge is -2.25. The Morgan fingerprint density at radius 2 is 1.73 bits per heavy atom. The molecule has 1 N–H and O–H groups in total. The number of fused-ring (bicyclic) bond motifs is 1. The molecule has 0 radical (unpaired) electrons. The third kappa shape index (κ3) is 4.78. The quantitative estimate of drug-likeness (QED) is 0.364. The largest absolute Gasteiger partial charge is 0.497 e. The molecular weight excluding hydrogens is 470 g/mol. The maximum Gasteiger partial charge on any atom is 0.325 e. The van der Waals surface area contributed by atoms with Gasteiger partial charge in [-0.3, -0.25) is 14.5 Å². The van der Waals surface area contributed by atoms with Gasteiger partial charge >= 0.3 is 6.03 Å². The van der Waals surface area contributed by atoms with Crippen LogP contribution in [0.4, 0.5) is 4.79 Å². The zero-order valence-corrected chi connectivity index (χ0v) is 20.6. The van der Waals surface area contributed by atoms with Gasteiger partial charge in [-0.15, -0.1) is 0 Å². The number of carbonyl (C=O) groups excluding carboxylic acids is 3. The molecule has 0 unspecified atom stereocenters. The predicted octanol–water partition coefficient (Wildman–Crippen LogP) is 4.44. The number of carbonyl (C=O) groups is 3. The van der Waals surface area contributed by atoms with Crippen LogP contribution in [0, 0.1) is 0 Å². The van der Waals surface area contributed by atoms with Crippen molar-refractivity contribution in [3.63, 3.8) is 0 Å². The van der Waals surface area contributed by atoms with E-state index < -0.39 is 17.5 Å². The minimum Gasteiger partial charge on any atom is -0.497 e. The Morgan fingerprint density at radius 3 is 2.46 bits per heavy atom. The molecule has 1 atom stereocenters. The van der Waals surface area contributed by atoms with Crippen molar-refractivity contribution < 1.29 is 23.5 Å². The Labute approximate surface area is 214 Å². The van der Waals surface area contributed by atoms with E-state index in [1.807, 2.05) is 66.7 Å². The van der Waals surface area contributed by atoms with Crippen LogP contribution in [0.1, 0.15) is 23.8 Å². The molecule has 8 nitrogen and oxygen atoms in total. The van der Waals surface area contributed by atoms with Crippen LogP contribution in [0.5, 0.6) is 5.75 Å². The lowest BCUT2D eigenvalue weighted by Crippen LogP contribution is -2.44. The highest BCUT2D eigenvalue weighted by Gasteiger charge is 2.49. The maximum absolute atomic E-state index is 13.5. The monoisotopic (exact) mass is 497 g/mol.